The fraction of sp³-hybridized carbons (Fsp3) is 0.294. The van der Waals surface area contributed by atoms with Gasteiger partial charge in [-0.1, -0.05) is 43.0 Å². The zero-order valence-corrected chi connectivity index (χ0v) is 14.4. The van der Waals surface area contributed by atoms with Gasteiger partial charge in [0, 0.05) is 23.5 Å². The molecule has 1 heterocycles. The normalized spacial score (nSPS) is 10.4. The molecular weight excluding hydrogens is 333 g/mol. The second kappa shape index (κ2) is 8.75. The SMILES string of the molecule is CCCCCNc1ccnc(C(=O)Nc2ccc(Cl)cc2Cl)c1. The number of nitrogens with one attached hydrogen (secondary N) is 2. The number of hydrogen-bond donors (Lipinski definition) is 2. The molecule has 1 aromatic carbocycles. The lowest BCUT2D eigenvalue weighted by molar-refractivity contribution is 0.102. The summed E-state index contributed by atoms with van der Waals surface area (Å²) in [5, 5.41) is 6.94. The van der Waals surface area contributed by atoms with Gasteiger partial charge >= 0.3 is 0 Å². The van der Waals surface area contributed by atoms with Crippen LogP contribution < -0.4 is 10.6 Å². The van der Waals surface area contributed by atoms with Crippen molar-refractivity contribution in [2.75, 3.05) is 17.2 Å². The number of rotatable bonds is 7. The van der Waals surface area contributed by atoms with Crippen LogP contribution in [0.3, 0.4) is 0 Å². The van der Waals surface area contributed by atoms with Gasteiger partial charge in [0.05, 0.1) is 10.7 Å². The molecule has 4 nitrogen and oxygen atoms in total. The van der Waals surface area contributed by atoms with Crippen molar-refractivity contribution in [3.8, 4) is 0 Å². The predicted molar refractivity (Wildman–Crippen MR) is 96.7 cm³/mol. The van der Waals surface area contributed by atoms with E-state index in [9.17, 15) is 4.79 Å². The van der Waals surface area contributed by atoms with E-state index < -0.39 is 0 Å². The summed E-state index contributed by atoms with van der Waals surface area (Å²) >= 11 is 11.9. The number of pyridine rings is 1. The van der Waals surface area contributed by atoms with Crippen molar-refractivity contribution in [3.63, 3.8) is 0 Å². The monoisotopic (exact) mass is 351 g/mol. The van der Waals surface area contributed by atoms with Crippen LogP contribution in [0.15, 0.2) is 36.5 Å². The summed E-state index contributed by atoms with van der Waals surface area (Å²) in [5.41, 5.74) is 1.71. The molecule has 0 atom stereocenters. The topological polar surface area (TPSA) is 54.0 Å². The zero-order chi connectivity index (χ0) is 16.7. The molecule has 23 heavy (non-hydrogen) atoms. The third kappa shape index (κ3) is 5.41. The molecule has 0 spiro atoms. The second-order valence-corrected chi connectivity index (χ2v) is 5.99. The van der Waals surface area contributed by atoms with E-state index in [1.807, 2.05) is 6.07 Å². The van der Waals surface area contributed by atoms with Crippen LogP contribution in [0.5, 0.6) is 0 Å². The third-order valence-electron chi connectivity index (χ3n) is 3.28. The number of halogens is 2. The number of hydrogen-bond acceptors (Lipinski definition) is 3. The molecule has 0 saturated heterocycles. The number of amides is 1. The van der Waals surface area contributed by atoms with E-state index in [1.54, 1.807) is 30.5 Å². The molecule has 6 heteroatoms. The highest BCUT2D eigenvalue weighted by molar-refractivity contribution is 6.36. The Hall–Kier alpha value is -1.78. The lowest BCUT2D eigenvalue weighted by atomic mass is 10.2. The Morgan fingerprint density at radius 2 is 2.00 bits per heavy atom. The van der Waals surface area contributed by atoms with E-state index in [0.717, 1.165) is 18.7 Å². The van der Waals surface area contributed by atoms with Crippen molar-refractivity contribution < 1.29 is 4.79 Å². The zero-order valence-electron chi connectivity index (χ0n) is 12.9. The standard InChI is InChI=1S/C17H19Cl2N3O/c1-2-3-4-8-20-13-7-9-21-16(11-13)17(23)22-15-6-5-12(18)10-14(15)19/h5-7,9-11H,2-4,8H2,1H3,(H,20,21)(H,22,23). The van der Waals surface area contributed by atoms with Gasteiger partial charge in [-0.25, -0.2) is 0 Å². The first-order valence-electron chi connectivity index (χ1n) is 7.56. The number of anilines is 2. The van der Waals surface area contributed by atoms with Crippen LogP contribution in [-0.2, 0) is 0 Å². The summed E-state index contributed by atoms with van der Waals surface area (Å²) in [5.74, 6) is -0.313. The summed E-state index contributed by atoms with van der Waals surface area (Å²) in [4.78, 5) is 16.4. The molecule has 0 unspecified atom stereocenters. The predicted octanol–water partition coefficient (Wildman–Crippen LogP) is 5.24. The molecule has 0 aliphatic heterocycles. The number of nitrogens with zero attached hydrogens (tertiary/aromatic N) is 1. The summed E-state index contributed by atoms with van der Waals surface area (Å²) in [6, 6.07) is 8.48. The summed E-state index contributed by atoms with van der Waals surface area (Å²) < 4.78 is 0. The minimum atomic E-state index is -0.313. The van der Waals surface area contributed by atoms with E-state index in [4.69, 9.17) is 23.2 Å². The van der Waals surface area contributed by atoms with Gasteiger partial charge in [-0.3, -0.25) is 9.78 Å². The molecule has 2 aromatic rings. The molecule has 1 aromatic heterocycles. The first-order valence-corrected chi connectivity index (χ1v) is 8.32. The van der Waals surface area contributed by atoms with Gasteiger partial charge < -0.3 is 10.6 Å². The highest BCUT2D eigenvalue weighted by atomic mass is 35.5. The molecule has 0 aliphatic carbocycles. The Morgan fingerprint density at radius 1 is 1.17 bits per heavy atom. The van der Waals surface area contributed by atoms with Crippen LogP contribution in [0.1, 0.15) is 36.7 Å². The Morgan fingerprint density at radius 3 is 2.74 bits per heavy atom. The van der Waals surface area contributed by atoms with Gasteiger partial charge in [0.25, 0.3) is 5.91 Å². The van der Waals surface area contributed by atoms with Gasteiger partial charge in [-0.15, -0.1) is 0 Å². The first kappa shape index (κ1) is 17.6. The number of benzene rings is 1. The van der Waals surface area contributed by atoms with Crippen LogP contribution in [0, 0.1) is 0 Å². The Kier molecular flexibility index (Phi) is 6.68. The Bertz CT molecular complexity index is 677. The largest absolute Gasteiger partial charge is 0.385 e. The van der Waals surface area contributed by atoms with E-state index in [0.29, 0.717) is 21.4 Å². The van der Waals surface area contributed by atoms with Crippen molar-refractivity contribution in [2.24, 2.45) is 0 Å². The van der Waals surface area contributed by atoms with Crippen molar-refractivity contribution in [1.29, 1.82) is 0 Å². The molecule has 0 bridgehead atoms. The quantitative estimate of drug-likeness (QED) is 0.670. The summed E-state index contributed by atoms with van der Waals surface area (Å²) in [6.45, 7) is 3.04. The molecule has 0 saturated carbocycles. The van der Waals surface area contributed by atoms with Gasteiger partial charge in [0.1, 0.15) is 5.69 Å². The number of carbonyl (C=O) groups is 1. The molecule has 2 rings (SSSR count). The van der Waals surface area contributed by atoms with E-state index in [2.05, 4.69) is 22.5 Å². The van der Waals surface area contributed by atoms with E-state index in [-0.39, 0.29) is 5.91 Å². The molecule has 122 valence electrons. The minimum Gasteiger partial charge on any atom is -0.385 e. The summed E-state index contributed by atoms with van der Waals surface area (Å²) in [7, 11) is 0. The van der Waals surface area contributed by atoms with Crippen LogP contribution in [0.25, 0.3) is 0 Å². The lowest BCUT2D eigenvalue weighted by Crippen LogP contribution is -2.14. The van der Waals surface area contributed by atoms with Gasteiger partial charge in [0.2, 0.25) is 0 Å². The number of unbranched alkanes of at least 4 members (excludes halogenated alkanes) is 2. The highest BCUT2D eigenvalue weighted by Crippen LogP contribution is 2.25. The van der Waals surface area contributed by atoms with Crippen LogP contribution in [0.2, 0.25) is 10.0 Å². The maximum atomic E-state index is 12.3. The molecule has 2 N–H and O–H groups in total. The van der Waals surface area contributed by atoms with E-state index in [1.165, 1.54) is 12.8 Å². The van der Waals surface area contributed by atoms with Crippen molar-refractivity contribution in [1.82, 2.24) is 4.98 Å². The smallest absolute Gasteiger partial charge is 0.274 e. The Balaban J connectivity index is 2.01. The van der Waals surface area contributed by atoms with Gasteiger partial charge in [0.15, 0.2) is 0 Å². The fourth-order valence-electron chi connectivity index (χ4n) is 2.05. The molecule has 0 radical (unpaired) electrons. The molecule has 1 amide bonds. The second-order valence-electron chi connectivity index (χ2n) is 5.14. The van der Waals surface area contributed by atoms with Crippen molar-refractivity contribution in [3.05, 3.63) is 52.3 Å². The number of carbonyl (C=O) groups excluding carboxylic acids is 1. The third-order valence-corrected chi connectivity index (χ3v) is 3.83. The van der Waals surface area contributed by atoms with E-state index >= 15 is 0 Å². The first-order chi connectivity index (χ1) is 11.1. The maximum Gasteiger partial charge on any atom is 0.274 e. The average molecular weight is 352 g/mol. The van der Waals surface area contributed by atoms with Gasteiger partial charge in [-0.2, -0.15) is 0 Å². The van der Waals surface area contributed by atoms with Crippen LogP contribution in [-0.4, -0.2) is 17.4 Å². The molecular formula is C17H19Cl2N3O. The molecule has 0 fully saturated rings. The maximum absolute atomic E-state index is 12.3. The molecule has 0 aliphatic rings. The highest BCUT2D eigenvalue weighted by Gasteiger charge is 2.10. The van der Waals surface area contributed by atoms with Crippen molar-refractivity contribution >= 4 is 40.5 Å². The van der Waals surface area contributed by atoms with Gasteiger partial charge in [-0.05, 0) is 36.8 Å². The van der Waals surface area contributed by atoms with Crippen molar-refractivity contribution in [2.45, 2.75) is 26.2 Å². The average Bonchev–Trinajstić information content (AvgIpc) is 2.54. The minimum absolute atomic E-state index is 0.313. The fourth-order valence-corrected chi connectivity index (χ4v) is 2.51. The lowest BCUT2D eigenvalue weighted by Gasteiger charge is -2.09. The number of aromatic nitrogens is 1. The summed E-state index contributed by atoms with van der Waals surface area (Å²) in [6.07, 6.45) is 5.06. The van der Waals surface area contributed by atoms with Crippen LogP contribution in [0.4, 0.5) is 11.4 Å². The Labute approximate surface area is 146 Å². The van der Waals surface area contributed by atoms with Crippen LogP contribution >= 0.6 is 23.2 Å².